The predicted molar refractivity (Wildman–Crippen MR) is 102 cm³/mol. The molecular weight excluding hydrogens is 507 g/mol. The van der Waals surface area contributed by atoms with Crippen molar-refractivity contribution in [1.29, 1.82) is 0 Å². The number of aromatic nitrogens is 6. The van der Waals surface area contributed by atoms with Gasteiger partial charge in [0.15, 0.2) is 0 Å². The fourth-order valence-corrected chi connectivity index (χ4v) is 0.645. The zero-order chi connectivity index (χ0) is 16.9. The Kier molecular flexibility index (Phi) is 39.8. The van der Waals surface area contributed by atoms with E-state index in [1.807, 2.05) is 0 Å². The minimum Gasteiger partial charge on any atom is -0.351 e. The van der Waals surface area contributed by atoms with Crippen molar-refractivity contribution >= 4 is 55.0 Å². The quantitative estimate of drug-likeness (QED) is 0.390. The number of hydrogen-bond acceptors (Lipinski definition) is 4. The number of nitrogens with one attached hydrogen (secondary N) is 3. The first kappa shape index (κ1) is 31.3. The van der Waals surface area contributed by atoms with Crippen molar-refractivity contribution in [3.63, 3.8) is 0 Å². The molecule has 0 atom stereocenters. The van der Waals surface area contributed by atoms with Gasteiger partial charge in [0.05, 0.1) is 19.0 Å². The van der Waals surface area contributed by atoms with E-state index in [1.54, 1.807) is 68.7 Å². The van der Waals surface area contributed by atoms with Crippen LogP contribution in [0.1, 0.15) is 0 Å². The predicted octanol–water partition coefficient (Wildman–Crippen LogP) is 3.44. The van der Waals surface area contributed by atoms with Crippen molar-refractivity contribution in [3.05, 3.63) is 56.2 Å². The topological polar surface area (TPSA) is 103 Å². The molecule has 13 heteroatoms. The Bertz CT molecular complexity index is 369. The van der Waals surface area contributed by atoms with E-state index in [1.165, 1.54) is 0 Å². The van der Waals surface area contributed by atoms with Crippen molar-refractivity contribution in [1.82, 2.24) is 29.9 Å². The number of hydrogen-bond donors (Lipinski definition) is 3. The molecule has 3 N–H and O–H groups in total. The first-order valence-corrected chi connectivity index (χ1v) is 12.0. The second-order valence-electron chi connectivity index (χ2n) is 3.07. The van der Waals surface area contributed by atoms with Crippen LogP contribution in [0, 0.1) is 0 Å². The normalized spacial score (nSPS) is 7.38. The monoisotopic (exact) mass is 526 g/mol. The molecule has 0 aromatic carbocycles. The van der Waals surface area contributed by atoms with Gasteiger partial charge < -0.3 is 15.0 Å². The van der Waals surface area contributed by atoms with Gasteiger partial charge in [0.25, 0.3) is 0 Å². The standard InChI is InChI=1S/3C3H4N2.C2H6OS.4ClH.Ru/c3*1-2-5-3-4-1;1-4(2)3;;;;;/h3*1-3H,(H,4,5);1-2H3;4*1H;/q;;;;;;;;+2/p-2. The Morgan fingerprint density at radius 1 is 0.792 bits per heavy atom. The molecule has 7 nitrogen and oxygen atoms in total. The number of nitrogens with zero attached hydrogens (tertiary/aromatic N) is 3. The summed E-state index contributed by atoms with van der Waals surface area (Å²) in [5, 5.41) is 0. The van der Waals surface area contributed by atoms with Gasteiger partial charge >= 0.3 is 34.5 Å². The molecule has 0 saturated heterocycles. The van der Waals surface area contributed by atoms with E-state index in [0.717, 1.165) is 0 Å². The summed E-state index contributed by atoms with van der Waals surface area (Å²) in [6, 6.07) is 0. The Hall–Kier alpha value is -0.437. The van der Waals surface area contributed by atoms with Crippen molar-refractivity contribution < 1.29 is 19.4 Å². The summed E-state index contributed by atoms with van der Waals surface area (Å²) in [7, 11) is 9.10. The van der Waals surface area contributed by atoms with Gasteiger partial charge in [-0.05, 0) is 0 Å². The summed E-state index contributed by atoms with van der Waals surface area (Å²) in [5.41, 5.74) is 0. The molecule has 0 amide bonds. The summed E-state index contributed by atoms with van der Waals surface area (Å²) in [6.45, 7) is 0. The Labute approximate surface area is 172 Å². The van der Waals surface area contributed by atoms with Gasteiger partial charge in [-0.2, -0.15) is 0 Å². The van der Waals surface area contributed by atoms with Gasteiger partial charge in [-0.15, -0.1) is 24.8 Å². The maximum atomic E-state index is 9.56. The third-order valence-corrected chi connectivity index (χ3v) is 1.22. The fourth-order valence-electron chi connectivity index (χ4n) is 0.645. The molecule has 3 aromatic rings. The Balaban J connectivity index is -0.000000103. The minimum absolute atomic E-state index is 0. The smallest absolute Gasteiger partial charge is 0.0919 e. The molecule has 0 spiro atoms. The van der Waals surface area contributed by atoms with Crippen LogP contribution < -0.4 is 0 Å². The molecule has 24 heavy (non-hydrogen) atoms. The van der Waals surface area contributed by atoms with Gasteiger partial charge in [-0.1, -0.05) is 0 Å². The maximum Gasteiger partial charge on any atom is 0.0919 e. The average Bonchev–Trinajstić information content (AvgIpc) is 3.26. The zero-order valence-corrected chi connectivity index (χ0v) is 18.5. The summed E-state index contributed by atoms with van der Waals surface area (Å²) in [4.78, 5) is 19.2. The van der Waals surface area contributed by atoms with E-state index >= 15 is 0 Å². The van der Waals surface area contributed by atoms with E-state index in [-0.39, 0.29) is 40.0 Å². The van der Waals surface area contributed by atoms with Crippen LogP contribution >= 0.6 is 44.2 Å². The van der Waals surface area contributed by atoms with Gasteiger partial charge in [-0.25, -0.2) is 15.0 Å². The molecule has 0 bridgehead atoms. The summed E-state index contributed by atoms with van der Waals surface area (Å²) < 4.78 is 9.56. The van der Waals surface area contributed by atoms with Crippen molar-refractivity contribution in [2.75, 3.05) is 12.5 Å². The molecule has 3 heterocycles. The van der Waals surface area contributed by atoms with E-state index in [0.29, 0.717) is 0 Å². The first-order valence-electron chi connectivity index (χ1n) is 5.53. The molecule has 0 aliphatic carbocycles. The number of halogens is 4. The molecule has 3 aromatic heterocycles. The van der Waals surface area contributed by atoms with Gasteiger partial charge in [0.2, 0.25) is 0 Å². The minimum atomic E-state index is -0.611. The third-order valence-electron chi connectivity index (χ3n) is 1.22. The molecule has 0 fully saturated rings. The third kappa shape index (κ3) is 43.0. The molecule has 0 unspecified atom stereocenters. The van der Waals surface area contributed by atoms with Crippen LogP contribution in [0.5, 0.6) is 0 Å². The number of aromatic amines is 3. The van der Waals surface area contributed by atoms with E-state index in [9.17, 15) is 4.21 Å². The van der Waals surface area contributed by atoms with Gasteiger partial charge in [0.1, 0.15) is 0 Å². The molecule has 0 aliphatic rings. The van der Waals surface area contributed by atoms with E-state index in [2.05, 4.69) is 29.9 Å². The van der Waals surface area contributed by atoms with Gasteiger partial charge in [0, 0.05) is 60.5 Å². The summed E-state index contributed by atoms with van der Waals surface area (Å²) >= 11 is -0.346. The van der Waals surface area contributed by atoms with Crippen LogP contribution in [0.4, 0.5) is 0 Å². The fraction of sp³-hybridized carbons (Fsp3) is 0.182. The van der Waals surface area contributed by atoms with Crippen molar-refractivity contribution in [3.8, 4) is 0 Å². The molecule has 0 saturated carbocycles. The molecule has 142 valence electrons. The summed E-state index contributed by atoms with van der Waals surface area (Å²) in [5.74, 6) is 0. The number of H-pyrrole nitrogens is 3. The molecule has 0 aliphatic heterocycles. The summed E-state index contributed by atoms with van der Waals surface area (Å²) in [6.07, 6.45) is 18.5. The largest absolute Gasteiger partial charge is 0.351 e. The Morgan fingerprint density at radius 3 is 1.04 bits per heavy atom. The van der Waals surface area contributed by atoms with Gasteiger partial charge in [-0.3, -0.25) is 4.21 Å². The molecule has 0 radical (unpaired) electrons. The van der Waals surface area contributed by atoms with Crippen LogP contribution in [0.3, 0.4) is 0 Å². The van der Waals surface area contributed by atoms with Crippen molar-refractivity contribution in [2.45, 2.75) is 0 Å². The van der Waals surface area contributed by atoms with Crippen LogP contribution in [-0.2, 0) is 25.9 Å². The van der Waals surface area contributed by atoms with Crippen molar-refractivity contribution in [2.24, 2.45) is 0 Å². The van der Waals surface area contributed by atoms with Crippen LogP contribution in [0.15, 0.2) is 56.2 Å². The molecular formula is C11H20Cl4N6ORuS. The SMILES string of the molecule is CS(C)=O.Cl.Cl.[Cl][Ru][Cl].c1c[nH]cn1.c1c[nH]cn1.c1c[nH]cn1. The molecule has 3 rings (SSSR count). The zero-order valence-electron chi connectivity index (χ0n) is 12.8. The second-order valence-corrected chi connectivity index (χ2v) is 7.20. The average molecular weight is 527 g/mol. The van der Waals surface area contributed by atoms with Crippen LogP contribution in [0.2, 0.25) is 0 Å². The van der Waals surface area contributed by atoms with E-state index in [4.69, 9.17) is 19.4 Å². The van der Waals surface area contributed by atoms with Crippen LogP contribution in [0.25, 0.3) is 0 Å². The van der Waals surface area contributed by atoms with Crippen LogP contribution in [-0.4, -0.2) is 46.6 Å². The van der Waals surface area contributed by atoms with E-state index < -0.39 is 10.8 Å². The number of imidazole rings is 3. The maximum absolute atomic E-state index is 9.56. The number of rotatable bonds is 0. The second kappa shape index (κ2) is 30.4. The Morgan fingerprint density at radius 2 is 1.00 bits per heavy atom. The first-order chi connectivity index (χ1) is 10.6.